The van der Waals surface area contributed by atoms with Crippen LogP contribution in [0.3, 0.4) is 0 Å². The van der Waals surface area contributed by atoms with E-state index < -0.39 is 11.8 Å². The minimum Gasteiger partial charge on any atom is -0.493 e. The Morgan fingerprint density at radius 2 is 1.08 bits per heavy atom. The maximum atomic E-state index is 13.2. The standard InChI is InChI=1S/C32H37N5O9S2/c1-40-23-13-18(14-24(41-2)27(23)44-5)29(38)35-31(47)33-20-7-8-22(37-9-11-46-12-10-37)21(17-20)34-32(48)36-30(39)19-15-25(42-3)28(45-6)26(16-19)43-4/h7-8,13-17H,9-12H2,1-6H3,(H2,33,35,38,47)(H2,34,36,39,48). The first kappa shape index (κ1) is 35.8. The molecule has 0 radical (unpaired) electrons. The number of carbonyl (C=O) groups excluding carboxylic acids is 2. The van der Waals surface area contributed by atoms with Gasteiger partial charge in [-0.2, -0.15) is 0 Å². The number of amides is 2. The first-order valence-electron chi connectivity index (χ1n) is 14.5. The number of nitrogens with one attached hydrogen (secondary N) is 4. The number of hydrogen-bond donors (Lipinski definition) is 4. The Bertz CT molecular complexity index is 1630. The van der Waals surface area contributed by atoms with Crippen LogP contribution in [0, 0.1) is 0 Å². The minimum atomic E-state index is -0.496. The minimum absolute atomic E-state index is 0.0390. The zero-order chi connectivity index (χ0) is 34.8. The molecule has 2 amide bonds. The zero-order valence-electron chi connectivity index (χ0n) is 27.3. The van der Waals surface area contributed by atoms with Crippen LogP contribution in [0.15, 0.2) is 42.5 Å². The molecule has 1 fully saturated rings. The Morgan fingerprint density at radius 3 is 1.50 bits per heavy atom. The lowest BCUT2D eigenvalue weighted by Crippen LogP contribution is -2.38. The maximum absolute atomic E-state index is 13.2. The molecule has 1 saturated heterocycles. The highest BCUT2D eigenvalue weighted by atomic mass is 32.1. The molecule has 0 aliphatic carbocycles. The second-order valence-corrected chi connectivity index (χ2v) is 10.8. The van der Waals surface area contributed by atoms with Crippen molar-refractivity contribution in [1.29, 1.82) is 0 Å². The van der Waals surface area contributed by atoms with Gasteiger partial charge in [0.2, 0.25) is 11.5 Å². The normalized spacial score (nSPS) is 12.2. The van der Waals surface area contributed by atoms with Gasteiger partial charge in [0, 0.05) is 29.9 Å². The molecule has 16 heteroatoms. The fourth-order valence-electron chi connectivity index (χ4n) is 4.88. The van der Waals surface area contributed by atoms with Gasteiger partial charge in [-0.3, -0.25) is 20.2 Å². The molecule has 0 saturated carbocycles. The van der Waals surface area contributed by atoms with Crippen molar-refractivity contribution in [2.24, 2.45) is 0 Å². The maximum Gasteiger partial charge on any atom is 0.257 e. The summed E-state index contributed by atoms with van der Waals surface area (Å²) in [4.78, 5) is 28.4. The van der Waals surface area contributed by atoms with Gasteiger partial charge >= 0.3 is 0 Å². The van der Waals surface area contributed by atoms with Crippen molar-refractivity contribution in [3.05, 3.63) is 53.6 Å². The largest absolute Gasteiger partial charge is 0.493 e. The Kier molecular flexibility index (Phi) is 12.4. The first-order chi connectivity index (χ1) is 23.1. The second-order valence-electron chi connectivity index (χ2n) is 9.98. The molecule has 0 bridgehead atoms. The third-order valence-corrected chi connectivity index (χ3v) is 7.57. The van der Waals surface area contributed by atoms with E-state index in [-0.39, 0.29) is 21.4 Å². The van der Waals surface area contributed by atoms with Gasteiger partial charge in [-0.15, -0.1) is 0 Å². The lowest BCUT2D eigenvalue weighted by Gasteiger charge is -2.31. The van der Waals surface area contributed by atoms with E-state index >= 15 is 0 Å². The van der Waals surface area contributed by atoms with Crippen molar-refractivity contribution in [3.8, 4) is 34.5 Å². The molecule has 1 heterocycles. The predicted molar refractivity (Wildman–Crippen MR) is 189 cm³/mol. The van der Waals surface area contributed by atoms with Crippen molar-refractivity contribution in [3.63, 3.8) is 0 Å². The van der Waals surface area contributed by atoms with Crippen LogP contribution < -0.4 is 54.6 Å². The van der Waals surface area contributed by atoms with Crippen molar-refractivity contribution in [2.45, 2.75) is 0 Å². The number of anilines is 3. The Morgan fingerprint density at radius 1 is 0.646 bits per heavy atom. The van der Waals surface area contributed by atoms with Crippen LogP contribution in [0.5, 0.6) is 34.5 Å². The van der Waals surface area contributed by atoms with Gasteiger partial charge in [-0.05, 0) is 66.9 Å². The Labute approximate surface area is 288 Å². The highest BCUT2D eigenvalue weighted by molar-refractivity contribution is 7.80. The molecule has 256 valence electrons. The summed E-state index contributed by atoms with van der Waals surface area (Å²) in [5.74, 6) is 1.01. The summed E-state index contributed by atoms with van der Waals surface area (Å²) in [7, 11) is 8.80. The lowest BCUT2D eigenvalue weighted by atomic mass is 10.1. The van der Waals surface area contributed by atoms with Crippen molar-refractivity contribution < 1.29 is 42.7 Å². The molecular formula is C32H37N5O9S2. The number of nitrogens with zero attached hydrogens (tertiary/aromatic N) is 1. The quantitative estimate of drug-likeness (QED) is 0.215. The molecule has 4 N–H and O–H groups in total. The number of hydrogen-bond acceptors (Lipinski definition) is 12. The number of carbonyl (C=O) groups is 2. The summed E-state index contributed by atoms with van der Waals surface area (Å²) < 4.78 is 37.6. The molecule has 4 rings (SSSR count). The predicted octanol–water partition coefficient (Wildman–Crippen LogP) is 3.83. The highest BCUT2D eigenvalue weighted by Gasteiger charge is 2.21. The molecule has 0 atom stereocenters. The van der Waals surface area contributed by atoms with Crippen LogP contribution in [0.1, 0.15) is 20.7 Å². The van der Waals surface area contributed by atoms with E-state index in [0.717, 1.165) is 5.69 Å². The first-order valence-corrected chi connectivity index (χ1v) is 15.3. The summed E-state index contributed by atoms with van der Waals surface area (Å²) >= 11 is 11.0. The fourth-order valence-corrected chi connectivity index (χ4v) is 5.30. The van der Waals surface area contributed by atoms with E-state index in [2.05, 4.69) is 26.2 Å². The SMILES string of the molecule is COc1cc(C(=O)NC(=S)Nc2ccc(N3CCOCC3)c(NC(=S)NC(=O)c3cc(OC)c(OC)c(OC)c3)c2)cc(OC)c1OC. The number of ether oxygens (including phenoxy) is 7. The van der Waals surface area contributed by atoms with Gasteiger partial charge in [0.1, 0.15) is 0 Å². The summed E-state index contributed by atoms with van der Waals surface area (Å²) in [6.45, 7) is 2.40. The van der Waals surface area contributed by atoms with Crippen molar-refractivity contribution in [2.75, 3.05) is 84.5 Å². The molecule has 0 spiro atoms. The average Bonchev–Trinajstić information content (AvgIpc) is 3.10. The van der Waals surface area contributed by atoms with Gasteiger partial charge in [0.05, 0.1) is 67.2 Å². The number of benzene rings is 3. The summed E-state index contributed by atoms with van der Waals surface area (Å²) in [6, 6.07) is 11.5. The molecule has 0 aromatic heterocycles. The molecule has 14 nitrogen and oxygen atoms in total. The van der Waals surface area contributed by atoms with Crippen LogP contribution in [0.2, 0.25) is 0 Å². The van der Waals surface area contributed by atoms with Crippen molar-refractivity contribution in [1.82, 2.24) is 10.6 Å². The Hall–Kier alpha value is -5.06. The Balaban J connectivity index is 1.52. The summed E-state index contributed by atoms with van der Waals surface area (Å²) in [6.07, 6.45) is 0. The number of methoxy groups -OCH3 is 6. The number of rotatable bonds is 11. The molecule has 1 aliphatic heterocycles. The van der Waals surface area contributed by atoms with E-state index in [1.54, 1.807) is 6.07 Å². The molecular weight excluding hydrogens is 663 g/mol. The van der Waals surface area contributed by atoms with Gasteiger partial charge < -0.3 is 48.7 Å². The number of thiocarbonyl (C=S) groups is 2. The van der Waals surface area contributed by atoms with E-state index in [9.17, 15) is 9.59 Å². The average molecular weight is 700 g/mol. The monoisotopic (exact) mass is 699 g/mol. The van der Waals surface area contributed by atoms with Crippen LogP contribution in [-0.2, 0) is 4.74 Å². The van der Waals surface area contributed by atoms with Crippen LogP contribution >= 0.6 is 24.4 Å². The van der Waals surface area contributed by atoms with Gasteiger partial charge in [0.15, 0.2) is 33.2 Å². The lowest BCUT2D eigenvalue weighted by molar-refractivity contribution is 0.0968. The molecule has 48 heavy (non-hydrogen) atoms. The second kappa shape index (κ2) is 16.7. The van der Waals surface area contributed by atoms with E-state index in [1.807, 2.05) is 12.1 Å². The van der Waals surface area contributed by atoms with E-state index in [1.165, 1.54) is 66.9 Å². The van der Waals surface area contributed by atoms with Gasteiger partial charge in [0.25, 0.3) is 11.8 Å². The fraction of sp³-hybridized carbons (Fsp3) is 0.312. The summed E-state index contributed by atoms with van der Waals surface area (Å²) in [5.41, 5.74) is 2.43. The zero-order valence-corrected chi connectivity index (χ0v) is 28.9. The van der Waals surface area contributed by atoms with Crippen LogP contribution in [0.25, 0.3) is 0 Å². The summed E-state index contributed by atoms with van der Waals surface area (Å²) in [5, 5.41) is 11.6. The van der Waals surface area contributed by atoms with Crippen LogP contribution in [-0.4, -0.2) is 91.0 Å². The molecule has 1 aliphatic rings. The van der Waals surface area contributed by atoms with E-state index in [4.69, 9.17) is 57.6 Å². The topological polar surface area (TPSA) is 150 Å². The van der Waals surface area contributed by atoms with Gasteiger partial charge in [-0.1, -0.05) is 0 Å². The van der Waals surface area contributed by atoms with Crippen LogP contribution in [0.4, 0.5) is 17.1 Å². The molecule has 0 unspecified atom stereocenters. The van der Waals surface area contributed by atoms with E-state index in [0.29, 0.717) is 72.2 Å². The third-order valence-electron chi connectivity index (χ3n) is 7.16. The third kappa shape index (κ3) is 8.44. The van der Waals surface area contributed by atoms with Crippen molar-refractivity contribution >= 4 is 63.5 Å². The highest BCUT2D eigenvalue weighted by Crippen LogP contribution is 2.39. The molecule has 3 aromatic rings. The van der Waals surface area contributed by atoms with Gasteiger partial charge in [-0.25, -0.2) is 0 Å². The number of morpholine rings is 1. The smallest absolute Gasteiger partial charge is 0.257 e. The molecule has 3 aromatic carbocycles.